The van der Waals surface area contributed by atoms with Crippen LogP contribution in [0.4, 0.5) is 0 Å². The molecular weight excluding hydrogens is 324 g/mol. The van der Waals surface area contributed by atoms with Gasteiger partial charge in [0.1, 0.15) is 0 Å². The summed E-state index contributed by atoms with van der Waals surface area (Å²) < 4.78 is 5.85. The van der Waals surface area contributed by atoms with Crippen LogP contribution in [0.3, 0.4) is 0 Å². The van der Waals surface area contributed by atoms with Gasteiger partial charge in [0.05, 0.1) is 0 Å². The van der Waals surface area contributed by atoms with Gasteiger partial charge in [-0.25, -0.2) is 0 Å². The van der Waals surface area contributed by atoms with Gasteiger partial charge in [-0.15, -0.1) is 0 Å². The average Bonchev–Trinajstić information content (AvgIpc) is 3.21. The number of nitrogens with zero attached hydrogens (tertiary/aromatic N) is 1. The van der Waals surface area contributed by atoms with Gasteiger partial charge in [-0.1, -0.05) is 0 Å². The minimum Gasteiger partial charge on any atom is -0.444 e. The van der Waals surface area contributed by atoms with Crippen LogP contribution in [0.1, 0.15) is 36.2 Å². The monoisotopic (exact) mass is 340 g/mol. The third kappa shape index (κ3) is 3.06. The molecule has 0 bridgehead atoms. The van der Waals surface area contributed by atoms with E-state index >= 15 is 0 Å². The molecule has 0 atom stereocenters. The zero-order valence-corrected chi connectivity index (χ0v) is 12.7. The summed E-state index contributed by atoms with van der Waals surface area (Å²) in [6.07, 6.45) is 3.67. The van der Waals surface area contributed by atoms with Gasteiger partial charge in [-0.05, 0) is 53.7 Å². The molecule has 1 aliphatic heterocycles. The topological polar surface area (TPSA) is 62.6 Å². The smallest absolute Gasteiger partial charge is 0.289 e. The number of furan rings is 1. The van der Waals surface area contributed by atoms with Gasteiger partial charge in [0.2, 0.25) is 5.91 Å². The quantitative estimate of drug-likeness (QED) is 0.917. The number of amides is 2. The summed E-state index contributed by atoms with van der Waals surface area (Å²) in [7, 11) is 0. The van der Waals surface area contributed by atoms with Crippen molar-refractivity contribution in [1.29, 1.82) is 0 Å². The predicted octanol–water partition coefficient (Wildman–Crippen LogP) is 2.17. The lowest BCUT2D eigenvalue weighted by molar-refractivity contribution is -0.123. The first-order valence-corrected chi connectivity index (χ1v) is 7.78. The Bertz CT molecular complexity index is 516. The molecule has 1 aromatic heterocycles. The van der Waals surface area contributed by atoms with Crippen molar-refractivity contribution in [2.75, 3.05) is 13.1 Å². The number of rotatable bonds is 3. The normalized spacial score (nSPS) is 19.9. The van der Waals surface area contributed by atoms with E-state index in [9.17, 15) is 9.59 Å². The second kappa shape index (κ2) is 5.60. The van der Waals surface area contributed by atoms with E-state index in [4.69, 9.17) is 4.42 Å². The Balaban J connectivity index is 1.50. The fourth-order valence-corrected chi connectivity index (χ4v) is 2.78. The van der Waals surface area contributed by atoms with Crippen LogP contribution in [0, 0.1) is 5.92 Å². The molecule has 0 radical (unpaired) electrons. The number of carbonyl (C=O) groups is 2. The second-order valence-electron chi connectivity index (χ2n) is 5.45. The number of likely N-dealkylation sites (tertiary alicyclic amines) is 1. The van der Waals surface area contributed by atoms with Crippen LogP contribution in [0.25, 0.3) is 0 Å². The van der Waals surface area contributed by atoms with Crippen molar-refractivity contribution in [1.82, 2.24) is 10.2 Å². The molecule has 0 aromatic carbocycles. The molecule has 3 rings (SSSR count). The Morgan fingerprint density at radius 1 is 1.20 bits per heavy atom. The fourth-order valence-electron chi connectivity index (χ4n) is 2.48. The third-order valence-electron chi connectivity index (χ3n) is 3.86. The van der Waals surface area contributed by atoms with Gasteiger partial charge in [0.25, 0.3) is 5.91 Å². The van der Waals surface area contributed by atoms with E-state index in [0.29, 0.717) is 23.5 Å². The van der Waals surface area contributed by atoms with E-state index < -0.39 is 0 Å². The molecular formula is C14H17BrN2O3. The van der Waals surface area contributed by atoms with Crippen molar-refractivity contribution in [2.24, 2.45) is 5.92 Å². The maximum Gasteiger partial charge on any atom is 0.289 e. The minimum absolute atomic E-state index is 0.0809. The minimum atomic E-state index is -0.0809. The van der Waals surface area contributed by atoms with Crippen LogP contribution in [-0.2, 0) is 4.79 Å². The number of carbonyl (C=O) groups excluding carboxylic acids is 2. The van der Waals surface area contributed by atoms with E-state index in [-0.39, 0.29) is 23.8 Å². The zero-order chi connectivity index (χ0) is 14.1. The number of halogens is 1. The molecule has 2 aliphatic rings. The molecule has 108 valence electrons. The standard InChI is InChI=1S/C14H17BrN2O3/c15-12-4-3-11(20-12)14(19)17-7-5-10(6-8-17)16-13(18)9-1-2-9/h3-4,9-10H,1-2,5-8H2,(H,16,18). The molecule has 1 aliphatic carbocycles. The summed E-state index contributed by atoms with van der Waals surface area (Å²) in [5.74, 6) is 0.708. The Hall–Kier alpha value is -1.30. The van der Waals surface area contributed by atoms with Crippen LogP contribution < -0.4 is 5.32 Å². The molecule has 20 heavy (non-hydrogen) atoms. The summed E-state index contributed by atoms with van der Waals surface area (Å²) in [6.45, 7) is 1.32. The van der Waals surface area contributed by atoms with Crippen molar-refractivity contribution < 1.29 is 14.0 Å². The molecule has 1 N–H and O–H groups in total. The highest BCUT2D eigenvalue weighted by molar-refractivity contribution is 9.10. The van der Waals surface area contributed by atoms with Gasteiger partial charge >= 0.3 is 0 Å². The summed E-state index contributed by atoms with van der Waals surface area (Å²) in [4.78, 5) is 25.7. The van der Waals surface area contributed by atoms with Crippen LogP contribution in [0.2, 0.25) is 0 Å². The fraction of sp³-hybridized carbons (Fsp3) is 0.571. The Morgan fingerprint density at radius 2 is 1.90 bits per heavy atom. The molecule has 1 saturated carbocycles. The highest BCUT2D eigenvalue weighted by atomic mass is 79.9. The van der Waals surface area contributed by atoms with Crippen LogP contribution >= 0.6 is 15.9 Å². The summed E-state index contributed by atoms with van der Waals surface area (Å²) in [5, 5.41) is 3.08. The van der Waals surface area contributed by atoms with Gasteiger partial charge in [0, 0.05) is 25.0 Å². The Kier molecular flexibility index (Phi) is 3.83. The largest absolute Gasteiger partial charge is 0.444 e. The summed E-state index contributed by atoms with van der Waals surface area (Å²) >= 11 is 3.20. The first-order chi connectivity index (χ1) is 9.63. The van der Waals surface area contributed by atoms with E-state index in [1.54, 1.807) is 17.0 Å². The molecule has 1 saturated heterocycles. The van der Waals surface area contributed by atoms with Crippen molar-refractivity contribution in [3.05, 3.63) is 22.6 Å². The van der Waals surface area contributed by atoms with E-state index in [1.165, 1.54) is 0 Å². The summed E-state index contributed by atoms with van der Waals surface area (Å²) in [5.41, 5.74) is 0. The van der Waals surface area contributed by atoms with E-state index in [1.807, 2.05) is 0 Å². The Labute approximate surface area is 125 Å². The molecule has 0 unspecified atom stereocenters. The number of nitrogens with one attached hydrogen (secondary N) is 1. The van der Waals surface area contributed by atoms with Crippen LogP contribution in [0.15, 0.2) is 21.2 Å². The highest BCUT2D eigenvalue weighted by Gasteiger charge is 2.32. The maximum absolute atomic E-state index is 12.2. The lowest BCUT2D eigenvalue weighted by Crippen LogP contribution is -2.46. The highest BCUT2D eigenvalue weighted by Crippen LogP contribution is 2.29. The molecule has 6 heteroatoms. The predicted molar refractivity (Wildman–Crippen MR) is 76.2 cm³/mol. The molecule has 1 aromatic rings. The first-order valence-electron chi connectivity index (χ1n) is 6.98. The SMILES string of the molecule is O=C(NC1CCN(C(=O)c2ccc(Br)o2)CC1)C1CC1. The maximum atomic E-state index is 12.2. The van der Waals surface area contributed by atoms with E-state index in [2.05, 4.69) is 21.2 Å². The van der Waals surface area contributed by atoms with E-state index in [0.717, 1.165) is 25.7 Å². The lowest BCUT2D eigenvalue weighted by Gasteiger charge is -2.31. The number of hydrogen-bond acceptors (Lipinski definition) is 3. The van der Waals surface area contributed by atoms with Crippen molar-refractivity contribution in [3.8, 4) is 0 Å². The average molecular weight is 341 g/mol. The van der Waals surface area contributed by atoms with Crippen molar-refractivity contribution in [3.63, 3.8) is 0 Å². The summed E-state index contributed by atoms with van der Waals surface area (Å²) in [6, 6.07) is 3.60. The number of hydrogen-bond donors (Lipinski definition) is 1. The molecule has 0 spiro atoms. The first kappa shape index (κ1) is 13.7. The molecule has 2 amide bonds. The van der Waals surface area contributed by atoms with Crippen molar-refractivity contribution >= 4 is 27.7 Å². The number of piperidine rings is 1. The third-order valence-corrected chi connectivity index (χ3v) is 4.29. The van der Waals surface area contributed by atoms with Gasteiger partial charge in [-0.2, -0.15) is 0 Å². The molecule has 2 heterocycles. The van der Waals surface area contributed by atoms with Gasteiger partial charge in [-0.3, -0.25) is 9.59 Å². The van der Waals surface area contributed by atoms with Gasteiger partial charge in [0.15, 0.2) is 10.4 Å². The zero-order valence-electron chi connectivity index (χ0n) is 11.1. The molecule has 2 fully saturated rings. The van der Waals surface area contributed by atoms with Gasteiger partial charge < -0.3 is 14.6 Å². The second-order valence-corrected chi connectivity index (χ2v) is 6.23. The van der Waals surface area contributed by atoms with Crippen LogP contribution in [0.5, 0.6) is 0 Å². The Morgan fingerprint density at radius 3 is 2.45 bits per heavy atom. The lowest BCUT2D eigenvalue weighted by atomic mass is 10.0. The van der Waals surface area contributed by atoms with Crippen LogP contribution in [-0.4, -0.2) is 35.8 Å². The molecule has 5 nitrogen and oxygen atoms in total. The van der Waals surface area contributed by atoms with Crippen molar-refractivity contribution in [2.45, 2.75) is 31.7 Å².